The van der Waals surface area contributed by atoms with Gasteiger partial charge in [-0.15, -0.1) is 0 Å². The molecule has 1 N–H and O–H groups in total. The third-order valence-electron chi connectivity index (χ3n) is 3.84. The minimum absolute atomic E-state index is 0.372. The molecule has 2 fully saturated rings. The highest BCUT2D eigenvalue weighted by atomic mass is 32.2. The predicted octanol–water partition coefficient (Wildman–Crippen LogP) is 2.28. The van der Waals surface area contributed by atoms with E-state index in [1.54, 1.807) is 0 Å². The predicted molar refractivity (Wildman–Crippen MR) is 75.9 cm³/mol. The summed E-state index contributed by atoms with van der Waals surface area (Å²) >= 11 is 1.90. The minimum Gasteiger partial charge on any atom is -0.359 e. The summed E-state index contributed by atoms with van der Waals surface area (Å²) in [4.78, 5) is 8.70. The van der Waals surface area contributed by atoms with E-state index in [1.807, 2.05) is 30.5 Å². The summed E-state index contributed by atoms with van der Waals surface area (Å²) in [7, 11) is 0. The largest absolute Gasteiger partial charge is 0.359 e. The van der Waals surface area contributed by atoms with Gasteiger partial charge in [0.25, 0.3) is 0 Å². The van der Waals surface area contributed by atoms with Crippen LogP contribution in [0.1, 0.15) is 32.1 Å². The maximum atomic E-state index is 4.67. The zero-order valence-electron chi connectivity index (χ0n) is 10.6. The Bertz CT molecular complexity index is 407. The molecule has 0 unspecified atom stereocenters. The highest BCUT2D eigenvalue weighted by molar-refractivity contribution is 8.14. The Labute approximate surface area is 112 Å². The molecule has 0 radical (unpaired) electrons. The lowest BCUT2D eigenvalue weighted by Gasteiger charge is -2.32. The van der Waals surface area contributed by atoms with E-state index in [2.05, 4.69) is 19.9 Å². The van der Waals surface area contributed by atoms with Crippen LogP contribution in [0, 0.1) is 0 Å². The number of hydrogen-bond acceptors (Lipinski definition) is 3. The van der Waals surface area contributed by atoms with Crippen molar-refractivity contribution in [3.8, 4) is 0 Å². The molecule has 2 heterocycles. The van der Waals surface area contributed by atoms with Crippen molar-refractivity contribution < 1.29 is 0 Å². The Morgan fingerprint density at radius 2 is 2.28 bits per heavy atom. The molecule has 0 amide bonds. The van der Waals surface area contributed by atoms with Crippen molar-refractivity contribution in [2.75, 3.05) is 12.3 Å². The van der Waals surface area contributed by atoms with Crippen LogP contribution in [0.2, 0.25) is 0 Å². The molecule has 0 atom stereocenters. The van der Waals surface area contributed by atoms with Gasteiger partial charge in [-0.05, 0) is 12.8 Å². The average Bonchev–Trinajstić information content (AvgIpc) is 3.02. The van der Waals surface area contributed by atoms with Gasteiger partial charge in [-0.3, -0.25) is 4.99 Å². The first kappa shape index (κ1) is 12.1. The minimum atomic E-state index is 0.372. The van der Waals surface area contributed by atoms with Crippen LogP contribution in [0.25, 0.3) is 0 Å². The number of amidine groups is 1. The van der Waals surface area contributed by atoms with Crippen LogP contribution in [0.3, 0.4) is 0 Å². The van der Waals surface area contributed by atoms with Crippen molar-refractivity contribution in [2.24, 2.45) is 4.99 Å². The van der Waals surface area contributed by atoms with Gasteiger partial charge in [0, 0.05) is 30.2 Å². The van der Waals surface area contributed by atoms with Gasteiger partial charge in [-0.25, -0.2) is 4.98 Å². The highest BCUT2D eigenvalue weighted by Crippen LogP contribution is 2.35. The summed E-state index contributed by atoms with van der Waals surface area (Å²) in [5, 5.41) is 4.82. The average molecular weight is 264 g/mol. The highest BCUT2D eigenvalue weighted by Gasteiger charge is 2.37. The monoisotopic (exact) mass is 264 g/mol. The van der Waals surface area contributed by atoms with Crippen LogP contribution in [0.4, 0.5) is 0 Å². The molecular weight excluding hydrogens is 244 g/mol. The molecule has 1 aliphatic heterocycles. The van der Waals surface area contributed by atoms with Crippen LogP contribution < -0.4 is 5.32 Å². The SMILES string of the molecule is c1cn(CCN=C2NC3(CCCCC3)CS2)cn1. The Hall–Kier alpha value is -0.970. The fourth-order valence-electron chi connectivity index (χ4n) is 2.77. The first-order chi connectivity index (χ1) is 8.86. The van der Waals surface area contributed by atoms with Crippen LogP contribution >= 0.6 is 11.8 Å². The fraction of sp³-hybridized carbons (Fsp3) is 0.692. The van der Waals surface area contributed by atoms with E-state index in [1.165, 1.54) is 37.9 Å². The Kier molecular flexibility index (Phi) is 3.59. The number of hydrogen-bond donors (Lipinski definition) is 1. The van der Waals surface area contributed by atoms with Gasteiger partial charge in [0.2, 0.25) is 0 Å². The van der Waals surface area contributed by atoms with Crippen molar-refractivity contribution in [3.05, 3.63) is 18.7 Å². The van der Waals surface area contributed by atoms with Crippen LogP contribution in [0.5, 0.6) is 0 Å². The van der Waals surface area contributed by atoms with E-state index >= 15 is 0 Å². The third kappa shape index (κ3) is 2.71. The van der Waals surface area contributed by atoms with E-state index in [-0.39, 0.29) is 0 Å². The summed E-state index contributed by atoms with van der Waals surface area (Å²) in [6.45, 7) is 1.75. The first-order valence-electron chi connectivity index (χ1n) is 6.78. The molecule has 5 heteroatoms. The summed E-state index contributed by atoms with van der Waals surface area (Å²) in [5.41, 5.74) is 0.372. The quantitative estimate of drug-likeness (QED) is 0.910. The van der Waals surface area contributed by atoms with E-state index < -0.39 is 0 Å². The molecule has 1 aromatic rings. The van der Waals surface area contributed by atoms with E-state index in [0.29, 0.717) is 5.54 Å². The zero-order chi connectivity index (χ0) is 12.3. The molecular formula is C13H20N4S. The molecule has 1 spiro atoms. The number of nitrogens with zero attached hydrogens (tertiary/aromatic N) is 3. The molecule has 1 aromatic heterocycles. The zero-order valence-corrected chi connectivity index (χ0v) is 11.5. The van der Waals surface area contributed by atoms with E-state index in [4.69, 9.17) is 0 Å². The van der Waals surface area contributed by atoms with Crippen molar-refractivity contribution >= 4 is 16.9 Å². The molecule has 2 aliphatic rings. The molecule has 98 valence electrons. The van der Waals surface area contributed by atoms with E-state index in [0.717, 1.165) is 18.3 Å². The molecule has 1 aliphatic carbocycles. The number of imidazole rings is 1. The Morgan fingerprint density at radius 1 is 1.39 bits per heavy atom. The summed E-state index contributed by atoms with van der Waals surface area (Å²) in [6, 6.07) is 0. The van der Waals surface area contributed by atoms with Gasteiger partial charge in [0.1, 0.15) is 0 Å². The normalized spacial score (nSPS) is 24.6. The lowest BCUT2D eigenvalue weighted by atomic mass is 9.83. The third-order valence-corrected chi connectivity index (χ3v) is 5.04. The van der Waals surface area contributed by atoms with Crippen molar-refractivity contribution in [1.82, 2.24) is 14.9 Å². The van der Waals surface area contributed by atoms with Crippen LogP contribution in [-0.4, -0.2) is 32.6 Å². The number of rotatable bonds is 3. The maximum absolute atomic E-state index is 4.67. The van der Waals surface area contributed by atoms with E-state index in [9.17, 15) is 0 Å². The summed E-state index contributed by atoms with van der Waals surface area (Å²) in [6.07, 6.45) is 12.4. The summed E-state index contributed by atoms with van der Waals surface area (Å²) in [5.74, 6) is 1.21. The van der Waals surface area contributed by atoms with Crippen LogP contribution in [-0.2, 0) is 6.54 Å². The van der Waals surface area contributed by atoms with Crippen LogP contribution in [0.15, 0.2) is 23.7 Å². The molecule has 0 aromatic carbocycles. The molecule has 0 bridgehead atoms. The lowest BCUT2D eigenvalue weighted by molar-refractivity contribution is 0.303. The standard InChI is InChI=1S/C13H20N4S/c1-2-4-13(5-3-1)10-18-12(16-13)15-7-9-17-8-6-14-11-17/h6,8,11H,1-5,7,9-10H2,(H,15,16). The maximum Gasteiger partial charge on any atom is 0.157 e. The number of thioether (sulfide) groups is 1. The molecule has 3 rings (SSSR count). The Balaban J connectivity index is 1.51. The van der Waals surface area contributed by atoms with Gasteiger partial charge < -0.3 is 9.88 Å². The molecule has 1 saturated heterocycles. The van der Waals surface area contributed by atoms with Gasteiger partial charge in [0.15, 0.2) is 5.17 Å². The second-order valence-electron chi connectivity index (χ2n) is 5.24. The fourth-order valence-corrected chi connectivity index (χ4v) is 4.02. The van der Waals surface area contributed by atoms with Gasteiger partial charge in [-0.2, -0.15) is 0 Å². The second kappa shape index (κ2) is 5.34. The van der Waals surface area contributed by atoms with Gasteiger partial charge >= 0.3 is 0 Å². The second-order valence-corrected chi connectivity index (χ2v) is 6.21. The molecule has 18 heavy (non-hydrogen) atoms. The first-order valence-corrected chi connectivity index (χ1v) is 7.76. The van der Waals surface area contributed by atoms with Crippen molar-refractivity contribution in [1.29, 1.82) is 0 Å². The molecule has 4 nitrogen and oxygen atoms in total. The number of nitrogens with one attached hydrogen (secondary N) is 1. The Morgan fingerprint density at radius 3 is 3.06 bits per heavy atom. The number of aliphatic imine (C=N–C) groups is 1. The van der Waals surface area contributed by atoms with Crippen molar-refractivity contribution in [3.63, 3.8) is 0 Å². The van der Waals surface area contributed by atoms with Gasteiger partial charge in [-0.1, -0.05) is 31.0 Å². The molecule has 1 saturated carbocycles. The smallest absolute Gasteiger partial charge is 0.157 e. The number of aromatic nitrogens is 2. The summed E-state index contributed by atoms with van der Waals surface area (Å²) < 4.78 is 2.07. The topological polar surface area (TPSA) is 42.2 Å². The lowest BCUT2D eigenvalue weighted by Crippen LogP contribution is -2.45. The van der Waals surface area contributed by atoms with Crippen molar-refractivity contribution in [2.45, 2.75) is 44.2 Å². The van der Waals surface area contributed by atoms with Gasteiger partial charge in [0.05, 0.1) is 12.9 Å².